The van der Waals surface area contributed by atoms with Gasteiger partial charge < -0.3 is 19.8 Å². The Morgan fingerprint density at radius 2 is 1.70 bits per heavy atom. The molecule has 2 amide bonds. The van der Waals surface area contributed by atoms with Crippen LogP contribution < -0.4 is 0 Å². The number of β-amino-alcohol motifs (C(OH)–C–C–N with tert-alkyl or cyclic N) is 1. The van der Waals surface area contributed by atoms with Crippen molar-refractivity contribution >= 4 is 27.7 Å². The van der Waals surface area contributed by atoms with Gasteiger partial charge in [0, 0.05) is 55.1 Å². The monoisotopic (exact) mass is 607 g/mol. The fourth-order valence-electron chi connectivity index (χ4n) is 6.96. The van der Waals surface area contributed by atoms with Crippen LogP contribution in [0.2, 0.25) is 0 Å². The van der Waals surface area contributed by atoms with Crippen LogP contribution in [0.3, 0.4) is 0 Å². The van der Waals surface area contributed by atoms with E-state index in [9.17, 15) is 14.7 Å². The molecule has 214 valence electrons. The molecule has 2 saturated heterocycles. The number of hydrogen-bond donors (Lipinski definition) is 1. The van der Waals surface area contributed by atoms with Crippen molar-refractivity contribution < 1.29 is 14.7 Å². The van der Waals surface area contributed by atoms with Crippen LogP contribution >= 0.6 is 15.9 Å². The standard InChI is InChI=1S/C33H42BrN3O3/c1-2-18-37(31(38)21-25-12-14-29(34)15-13-25)30-16-19-35(20-17-30)22-28-23-36(32(39)26-8-6-7-9-26)24-33(28,40)27-10-4-3-5-11-27/h2-5,10-15,26,28,30,40H,1,6-9,16-24H2/t28-,33-/m0/s1. The lowest BCUT2D eigenvalue weighted by molar-refractivity contribution is -0.135. The zero-order valence-corrected chi connectivity index (χ0v) is 25.0. The quantitative estimate of drug-likeness (QED) is 0.407. The Bertz CT molecular complexity index is 1160. The van der Waals surface area contributed by atoms with Crippen molar-refractivity contribution in [3.63, 3.8) is 0 Å². The molecule has 6 nitrogen and oxygen atoms in total. The predicted molar refractivity (Wildman–Crippen MR) is 162 cm³/mol. The number of hydrogen-bond acceptors (Lipinski definition) is 4. The molecule has 2 heterocycles. The Labute approximate surface area is 247 Å². The maximum atomic E-state index is 13.3. The maximum absolute atomic E-state index is 13.3. The normalized spacial score (nSPS) is 24.4. The minimum atomic E-state index is -1.05. The van der Waals surface area contributed by atoms with Crippen molar-refractivity contribution in [2.75, 3.05) is 39.3 Å². The Kier molecular flexibility index (Phi) is 9.44. The van der Waals surface area contributed by atoms with Crippen LogP contribution in [0.4, 0.5) is 0 Å². The van der Waals surface area contributed by atoms with Crippen LogP contribution in [0, 0.1) is 11.8 Å². The van der Waals surface area contributed by atoms with Crippen molar-refractivity contribution in [3.05, 3.63) is 82.9 Å². The van der Waals surface area contributed by atoms with Gasteiger partial charge in [0.05, 0.1) is 13.0 Å². The van der Waals surface area contributed by atoms with Gasteiger partial charge in [-0.1, -0.05) is 77.3 Å². The van der Waals surface area contributed by atoms with Gasteiger partial charge in [-0.3, -0.25) is 9.59 Å². The summed E-state index contributed by atoms with van der Waals surface area (Å²) in [6, 6.07) is 18.0. The maximum Gasteiger partial charge on any atom is 0.227 e. The van der Waals surface area contributed by atoms with Gasteiger partial charge in [0.25, 0.3) is 0 Å². The zero-order chi connectivity index (χ0) is 28.1. The largest absolute Gasteiger partial charge is 0.383 e. The molecule has 2 atom stereocenters. The van der Waals surface area contributed by atoms with Crippen molar-refractivity contribution in [2.45, 2.75) is 56.6 Å². The highest BCUT2D eigenvalue weighted by Crippen LogP contribution is 2.40. The third kappa shape index (κ3) is 6.53. The summed E-state index contributed by atoms with van der Waals surface area (Å²) in [7, 11) is 0. The number of nitrogens with zero attached hydrogens (tertiary/aromatic N) is 3. The molecule has 0 aromatic heterocycles. The van der Waals surface area contributed by atoms with Crippen molar-refractivity contribution in [1.29, 1.82) is 0 Å². The zero-order valence-electron chi connectivity index (χ0n) is 23.4. The van der Waals surface area contributed by atoms with E-state index in [0.29, 0.717) is 26.1 Å². The number of piperidine rings is 1. The summed E-state index contributed by atoms with van der Waals surface area (Å²) in [5.74, 6) is 0.411. The van der Waals surface area contributed by atoms with E-state index in [1.807, 2.05) is 70.5 Å². The number of carbonyl (C=O) groups excluding carboxylic acids is 2. The van der Waals surface area contributed by atoms with Gasteiger partial charge in [-0.05, 0) is 48.9 Å². The Balaban J connectivity index is 1.23. The highest BCUT2D eigenvalue weighted by Gasteiger charge is 2.49. The first-order valence-electron chi connectivity index (χ1n) is 14.8. The highest BCUT2D eigenvalue weighted by atomic mass is 79.9. The predicted octanol–water partition coefficient (Wildman–Crippen LogP) is 5.01. The second-order valence-electron chi connectivity index (χ2n) is 11.9. The van der Waals surface area contributed by atoms with Crippen LogP contribution in [-0.4, -0.2) is 76.9 Å². The van der Waals surface area contributed by atoms with Crippen LogP contribution in [0.5, 0.6) is 0 Å². The number of likely N-dealkylation sites (tertiary alicyclic amines) is 2. The van der Waals surface area contributed by atoms with E-state index in [1.54, 1.807) is 0 Å². The van der Waals surface area contributed by atoms with E-state index in [2.05, 4.69) is 27.4 Å². The van der Waals surface area contributed by atoms with Gasteiger partial charge >= 0.3 is 0 Å². The number of rotatable bonds is 9. The minimum Gasteiger partial charge on any atom is -0.383 e. The lowest BCUT2D eigenvalue weighted by Gasteiger charge is -2.40. The van der Waals surface area contributed by atoms with Crippen LogP contribution in [0.15, 0.2) is 71.7 Å². The lowest BCUT2D eigenvalue weighted by Crippen LogP contribution is -2.50. The fraction of sp³-hybridized carbons (Fsp3) is 0.515. The first kappa shape index (κ1) is 29.0. The minimum absolute atomic E-state index is 0.0554. The topological polar surface area (TPSA) is 64.1 Å². The molecule has 0 bridgehead atoms. The molecule has 5 rings (SSSR count). The van der Waals surface area contributed by atoms with Gasteiger partial charge in [0.1, 0.15) is 5.60 Å². The van der Waals surface area contributed by atoms with E-state index in [4.69, 9.17) is 0 Å². The third-order valence-corrected chi connectivity index (χ3v) is 9.76. The van der Waals surface area contributed by atoms with E-state index < -0.39 is 5.60 Å². The summed E-state index contributed by atoms with van der Waals surface area (Å²) in [5.41, 5.74) is 0.854. The number of benzene rings is 2. The smallest absolute Gasteiger partial charge is 0.227 e. The molecule has 1 saturated carbocycles. The SMILES string of the molecule is C=CCN(C(=O)Cc1ccc(Br)cc1)C1CCN(C[C@H]2CN(C(=O)C3CCCC3)C[C@]2(O)c2ccccc2)CC1. The summed E-state index contributed by atoms with van der Waals surface area (Å²) in [6.45, 7) is 7.88. The molecule has 0 spiro atoms. The third-order valence-electron chi connectivity index (χ3n) is 9.23. The van der Waals surface area contributed by atoms with Crippen molar-refractivity contribution in [3.8, 4) is 0 Å². The molecule has 2 aromatic rings. The van der Waals surface area contributed by atoms with Crippen LogP contribution in [0.25, 0.3) is 0 Å². The number of halogens is 1. The average molecular weight is 609 g/mol. The highest BCUT2D eigenvalue weighted by molar-refractivity contribution is 9.10. The van der Waals surface area contributed by atoms with Crippen LogP contribution in [-0.2, 0) is 21.6 Å². The van der Waals surface area contributed by atoms with E-state index >= 15 is 0 Å². The molecule has 3 aliphatic rings. The molecular formula is C33H42BrN3O3. The number of amides is 2. The number of aliphatic hydroxyl groups is 1. The molecule has 0 unspecified atom stereocenters. The Morgan fingerprint density at radius 1 is 1.02 bits per heavy atom. The summed E-state index contributed by atoms with van der Waals surface area (Å²) >= 11 is 3.46. The summed E-state index contributed by atoms with van der Waals surface area (Å²) < 4.78 is 1.01. The molecule has 2 aromatic carbocycles. The first-order valence-corrected chi connectivity index (χ1v) is 15.6. The first-order chi connectivity index (χ1) is 19.4. The molecule has 2 aliphatic heterocycles. The van der Waals surface area contributed by atoms with Gasteiger partial charge in [-0.25, -0.2) is 0 Å². The fourth-order valence-corrected chi connectivity index (χ4v) is 7.22. The molecule has 1 aliphatic carbocycles. The van der Waals surface area contributed by atoms with E-state index in [-0.39, 0.29) is 29.7 Å². The molecule has 1 N–H and O–H groups in total. The molecule has 7 heteroatoms. The van der Waals surface area contributed by atoms with E-state index in [0.717, 1.165) is 73.8 Å². The lowest BCUT2D eigenvalue weighted by atomic mass is 9.83. The summed E-state index contributed by atoms with van der Waals surface area (Å²) in [6.07, 6.45) is 8.18. The molecular weight excluding hydrogens is 566 g/mol. The van der Waals surface area contributed by atoms with Gasteiger partial charge in [-0.15, -0.1) is 6.58 Å². The summed E-state index contributed by atoms with van der Waals surface area (Å²) in [5, 5.41) is 12.1. The van der Waals surface area contributed by atoms with Gasteiger partial charge in [-0.2, -0.15) is 0 Å². The average Bonchev–Trinajstić information content (AvgIpc) is 3.63. The Hall–Kier alpha value is -2.48. The second kappa shape index (κ2) is 13.0. The Morgan fingerprint density at radius 3 is 2.35 bits per heavy atom. The van der Waals surface area contributed by atoms with Crippen LogP contribution in [0.1, 0.15) is 49.7 Å². The second-order valence-corrected chi connectivity index (χ2v) is 12.8. The molecule has 3 fully saturated rings. The number of carbonyl (C=O) groups is 2. The molecule has 40 heavy (non-hydrogen) atoms. The van der Waals surface area contributed by atoms with Crippen molar-refractivity contribution in [2.24, 2.45) is 11.8 Å². The van der Waals surface area contributed by atoms with E-state index in [1.165, 1.54) is 0 Å². The molecule has 0 radical (unpaired) electrons. The van der Waals surface area contributed by atoms with Gasteiger partial charge in [0.15, 0.2) is 0 Å². The summed E-state index contributed by atoms with van der Waals surface area (Å²) in [4.78, 5) is 33.0. The van der Waals surface area contributed by atoms with Crippen molar-refractivity contribution in [1.82, 2.24) is 14.7 Å². The van der Waals surface area contributed by atoms with Gasteiger partial charge in [0.2, 0.25) is 11.8 Å².